The van der Waals surface area contributed by atoms with E-state index in [1.54, 1.807) is 24.3 Å². The number of unbranched alkanes of at least 4 members (excludes halogenated alkanes) is 8. The topological polar surface area (TPSA) is 44.8 Å². The van der Waals surface area contributed by atoms with Crippen LogP contribution in [0.3, 0.4) is 0 Å². The van der Waals surface area contributed by atoms with Crippen molar-refractivity contribution >= 4 is 5.97 Å². The summed E-state index contributed by atoms with van der Waals surface area (Å²) in [7, 11) is 0. The lowest BCUT2D eigenvalue weighted by molar-refractivity contribution is 0.0734. The second kappa shape index (κ2) is 17.9. The van der Waals surface area contributed by atoms with Crippen molar-refractivity contribution in [1.29, 1.82) is 0 Å². The molecule has 35 heavy (non-hydrogen) atoms. The van der Waals surface area contributed by atoms with Crippen molar-refractivity contribution in [1.82, 2.24) is 0 Å². The van der Waals surface area contributed by atoms with E-state index in [9.17, 15) is 4.79 Å². The molecule has 0 aromatic heterocycles. The van der Waals surface area contributed by atoms with Crippen LogP contribution in [0.2, 0.25) is 0 Å². The Balaban J connectivity index is 1.63. The first-order chi connectivity index (χ1) is 17.1. The van der Waals surface area contributed by atoms with Crippen molar-refractivity contribution < 1.29 is 19.0 Å². The molecule has 0 N–H and O–H groups in total. The summed E-state index contributed by atoms with van der Waals surface area (Å²) < 4.78 is 17.1. The summed E-state index contributed by atoms with van der Waals surface area (Å²) in [6, 6.07) is 14.4. The predicted molar refractivity (Wildman–Crippen MR) is 145 cm³/mol. The molecule has 4 heteroatoms. The van der Waals surface area contributed by atoms with Gasteiger partial charge in [-0.25, -0.2) is 4.79 Å². The third-order valence-corrected chi connectivity index (χ3v) is 6.45. The zero-order chi connectivity index (χ0) is 25.1. The largest absolute Gasteiger partial charge is 0.494 e. The van der Waals surface area contributed by atoms with E-state index < -0.39 is 0 Å². The average molecular weight is 483 g/mol. The molecule has 2 aromatic carbocycles. The lowest BCUT2D eigenvalue weighted by Crippen LogP contribution is -2.08. The van der Waals surface area contributed by atoms with E-state index >= 15 is 0 Å². The summed E-state index contributed by atoms with van der Waals surface area (Å²) in [6.45, 7) is 8.23. The van der Waals surface area contributed by atoms with Crippen LogP contribution in [0.5, 0.6) is 17.2 Å². The molecule has 0 heterocycles. The van der Waals surface area contributed by atoms with Crippen molar-refractivity contribution in [3.05, 3.63) is 54.1 Å². The van der Waals surface area contributed by atoms with Gasteiger partial charge < -0.3 is 14.2 Å². The Labute approximate surface area is 213 Å². The Hall–Kier alpha value is -2.49. The summed E-state index contributed by atoms with van der Waals surface area (Å²) in [5, 5.41) is 0. The molecule has 194 valence electrons. The van der Waals surface area contributed by atoms with E-state index in [-0.39, 0.29) is 5.97 Å². The molecule has 0 aliphatic rings. The second-order valence-electron chi connectivity index (χ2n) is 9.57. The molecule has 1 unspecified atom stereocenters. The van der Waals surface area contributed by atoms with Gasteiger partial charge in [0.25, 0.3) is 0 Å². The summed E-state index contributed by atoms with van der Waals surface area (Å²) >= 11 is 0. The molecule has 0 bridgehead atoms. The van der Waals surface area contributed by atoms with Gasteiger partial charge in [-0.2, -0.15) is 0 Å². The van der Waals surface area contributed by atoms with Gasteiger partial charge in [0.05, 0.1) is 18.8 Å². The molecule has 1 atom stereocenters. The molecular weight excluding hydrogens is 436 g/mol. The minimum absolute atomic E-state index is 0.376. The quantitative estimate of drug-likeness (QED) is 0.114. The minimum atomic E-state index is -0.376. The third-order valence-electron chi connectivity index (χ3n) is 6.45. The average Bonchev–Trinajstić information content (AvgIpc) is 2.88. The molecule has 0 fully saturated rings. The van der Waals surface area contributed by atoms with Crippen molar-refractivity contribution in [3.63, 3.8) is 0 Å². The standard InChI is InChI=1S/C31H46O4/c1-4-6-7-8-9-10-13-24-33-28-18-16-27(17-19-28)31(32)35-30-22-20-29(21-23-30)34-25-14-11-12-15-26(3)5-2/h16-23,26H,4-15,24-25H2,1-3H3. The summed E-state index contributed by atoms with van der Waals surface area (Å²) in [5.41, 5.74) is 0.506. The highest BCUT2D eigenvalue weighted by Gasteiger charge is 2.09. The van der Waals surface area contributed by atoms with Crippen molar-refractivity contribution in [3.8, 4) is 17.2 Å². The maximum atomic E-state index is 12.5. The van der Waals surface area contributed by atoms with E-state index in [4.69, 9.17) is 14.2 Å². The molecule has 0 aliphatic carbocycles. The van der Waals surface area contributed by atoms with Crippen LogP contribution in [-0.2, 0) is 0 Å². The first-order valence-electron chi connectivity index (χ1n) is 13.8. The van der Waals surface area contributed by atoms with Crippen LogP contribution >= 0.6 is 0 Å². The number of carbonyl (C=O) groups is 1. The Morgan fingerprint density at radius 3 is 1.71 bits per heavy atom. The van der Waals surface area contributed by atoms with E-state index in [0.29, 0.717) is 24.5 Å². The molecule has 0 radical (unpaired) electrons. The van der Waals surface area contributed by atoms with Gasteiger partial charge in [0, 0.05) is 0 Å². The van der Waals surface area contributed by atoms with Gasteiger partial charge in [-0.05, 0) is 67.3 Å². The van der Waals surface area contributed by atoms with Gasteiger partial charge in [-0.1, -0.05) is 85.0 Å². The smallest absolute Gasteiger partial charge is 0.343 e. The van der Waals surface area contributed by atoms with Gasteiger partial charge in [-0.15, -0.1) is 0 Å². The van der Waals surface area contributed by atoms with Crippen molar-refractivity contribution in [2.45, 2.75) is 97.8 Å². The van der Waals surface area contributed by atoms with Gasteiger partial charge in [0.2, 0.25) is 0 Å². The fraction of sp³-hybridized carbons (Fsp3) is 0.581. The zero-order valence-corrected chi connectivity index (χ0v) is 22.2. The molecule has 0 aliphatic heterocycles. The zero-order valence-electron chi connectivity index (χ0n) is 22.2. The normalized spacial score (nSPS) is 11.7. The highest BCUT2D eigenvalue weighted by molar-refractivity contribution is 5.91. The minimum Gasteiger partial charge on any atom is -0.494 e. The van der Waals surface area contributed by atoms with E-state index in [2.05, 4.69) is 20.8 Å². The van der Waals surface area contributed by atoms with Gasteiger partial charge >= 0.3 is 5.97 Å². The number of esters is 1. The van der Waals surface area contributed by atoms with E-state index in [1.165, 1.54) is 64.2 Å². The molecular formula is C31H46O4. The Morgan fingerprint density at radius 1 is 0.657 bits per heavy atom. The molecule has 0 spiro atoms. The van der Waals surface area contributed by atoms with E-state index in [0.717, 1.165) is 30.3 Å². The van der Waals surface area contributed by atoms with Gasteiger partial charge in [0.15, 0.2) is 0 Å². The summed E-state index contributed by atoms with van der Waals surface area (Å²) in [4.78, 5) is 12.5. The van der Waals surface area contributed by atoms with Crippen LogP contribution in [0, 0.1) is 5.92 Å². The lowest BCUT2D eigenvalue weighted by atomic mass is 10.0. The third kappa shape index (κ3) is 12.7. The highest BCUT2D eigenvalue weighted by atomic mass is 16.5. The summed E-state index contributed by atoms with van der Waals surface area (Å²) in [5.74, 6) is 2.54. The lowest BCUT2D eigenvalue weighted by Gasteiger charge is -2.10. The van der Waals surface area contributed by atoms with Crippen LogP contribution < -0.4 is 14.2 Å². The summed E-state index contributed by atoms with van der Waals surface area (Å²) in [6.07, 6.45) is 14.9. The fourth-order valence-corrected chi connectivity index (χ4v) is 3.87. The monoisotopic (exact) mass is 482 g/mol. The van der Waals surface area contributed by atoms with Gasteiger partial charge in [0.1, 0.15) is 17.2 Å². The fourth-order valence-electron chi connectivity index (χ4n) is 3.87. The Bertz CT molecular complexity index is 798. The number of carbonyl (C=O) groups excluding carboxylic acids is 1. The second-order valence-corrected chi connectivity index (χ2v) is 9.57. The maximum absolute atomic E-state index is 12.5. The van der Waals surface area contributed by atoms with Gasteiger partial charge in [-0.3, -0.25) is 0 Å². The van der Waals surface area contributed by atoms with Crippen LogP contribution in [0.1, 0.15) is 108 Å². The van der Waals surface area contributed by atoms with E-state index in [1.807, 2.05) is 24.3 Å². The number of ether oxygens (including phenoxy) is 3. The van der Waals surface area contributed by atoms with Crippen LogP contribution in [0.4, 0.5) is 0 Å². The number of benzene rings is 2. The molecule has 4 nitrogen and oxygen atoms in total. The molecule has 2 aromatic rings. The molecule has 0 saturated carbocycles. The first-order valence-corrected chi connectivity index (χ1v) is 13.8. The maximum Gasteiger partial charge on any atom is 0.343 e. The molecule has 2 rings (SSSR count). The van der Waals surface area contributed by atoms with Crippen molar-refractivity contribution in [2.24, 2.45) is 5.92 Å². The number of hydrogen-bond acceptors (Lipinski definition) is 4. The van der Waals surface area contributed by atoms with Crippen LogP contribution in [-0.4, -0.2) is 19.2 Å². The van der Waals surface area contributed by atoms with Crippen LogP contribution in [0.15, 0.2) is 48.5 Å². The molecule has 0 saturated heterocycles. The first kappa shape index (κ1) is 28.7. The Kier molecular flexibility index (Phi) is 14.7. The number of hydrogen-bond donors (Lipinski definition) is 0. The molecule has 0 amide bonds. The highest BCUT2D eigenvalue weighted by Crippen LogP contribution is 2.20. The SMILES string of the molecule is CCCCCCCCCOc1ccc(C(=O)Oc2ccc(OCCCCCC(C)CC)cc2)cc1. The van der Waals surface area contributed by atoms with Crippen LogP contribution in [0.25, 0.3) is 0 Å². The predicted octanol–water partition coefficient (Wildman–Crippen LogP) is 9.02. The Morgan fingerprint density at radius 2 is 1.14 bits per heavy atom. The number of rotatable bonds is 19. The van der Waals surface area contributed by atoms with Crippen molar-refractivity contribution in [2.75, 3.05) is 13.2 Å².